The SMILES string of the molecule is C1=c2ccccc2=Cc2c(oc3cccc(-c4ccccc4N(c4ccc(-c5cccc(-c6ccccc6)c5)cc4)c4ccc5c(c4)oc4ccccc45)c23)C1. The van der Waals surface area contributed by atoms with Crippen LogP contribution in [0.5, 0.6) is 0 Å². The first kappa shape index (κ1) is 32.1. The number of anilines is 3. The Morgan fingerprint density at radius 3 is 1.93 bits per heavy atom. The van der Waals surface area contributed by atoms with Crippen LogP contribution < -0.4 is 15.3 Å². The minimum absolute atomic E-state index is 0.739. The number of fused-ring (bicyclic) bond motifs is 7. The van der Waals surface area contributed by atoms with E-state index >= 15 is 0 Å². The average molecular weight is 718 g/mol. The fourth-order valence-corrected chi connectivity index (χ4v) is 8.43. The summed E-state index contributed by atoms with van der Waals surface area (Å²) < 4.78 is 13.1. The zero-order valence-corrected chi connectivity index (χ0v) is 30.5. The van der Waals surface area contributed by atoms with E-state index in [4.69, 9.17) is 8.83 Å². The van der Waals surface area contributed by atoms with E-state index in [1.807, 2.05) is 12.1 Å². The second-order valence-corrected chi connectivity index (χ2v) is 14.4. The van der Waals surface area contributed by atoms with Crippen molar-refractivity contribution in [3.8, 4) is 33.4 Å². The van der Waals surface area contributed by atoms with Crippen LogP contribution in [0, 0.1) is 0 Å². The predicted octanol–water partition coefficient (Wildman–Crippen LogP) is 13.0. The van der Waals surface area contributed by atoms with Gasteiger partial charge in [-0.2, -0.15) is 0 Å². The molecule has 3 heteroatoms. The molecule has 0 saturated heterocycles. The van der Waals surface area contributed by atoms with Crippen molar-refractivity contribution in [1.82, 2.24) is 0 Å². The smallest absolute Gasteiger partial charge is 0.137 e. The van der Waals surface area contributed by atoms with Gasteiger partial charge in [0.15, 0.2) is 0 Å². The predicted molar refractivity (Wildman–Crippen MR) is 232 cm³/mol. The molecule has 0 fully saturated rings. The van der Waals surface area contributed by atoms with Crippen molar-refractivity contribution in [3.63, 3.8) is 0 Å². The summed E-state index contributed by atoms with van der Waals surface area (Å²) >= 11 is 0. The second kappa shape index (κ2) is 13.2. The highest BCUT2D eigenvalue weighted by molar-refractivity contribution is 6.07. The molecule has 0 spiro atoms. The third-order valence-corrected chi connectivity index (χ3v) is 11.1. The van der Waals surface area contributed by atoms with Crippen LogP contribution in [0.2, 0.25) is 0 Å². The molecule has 0 amide bonds. The topological polar surface area (TPSA) is 29.5 Å². The first-order chi connectivity index (χ1) is 27.7. The maximum Gasteiger partial charge on any atom is 0.137 e. The van der Waals surface area contributed by atoms with E-state index in [1.54, 1.807) is 0 Å². The normalized spacial score (nSPS) is 12.1. The monoisotopic (exact) mass is 717 g/mol. The van der Waals surface area contributed by atoms with E-state index in [0.29, 0.717) is 0 Å². The summed E-state index contributed by atoms with van der Waals surface area (Å²) in [5.74, 6) is 0.986. The molecule has 0 atom stereocenters. The summed E-state index contributed by atoms with van der Waals surface area (Å²) in [5.41, 5.74) is 13.9. The van der Waals surface area contributed by atoms with Crippen molar-refractivity contribution >= 4 is 62.1 Å². The molecule has 0 aliphatic heterocycles. The van der Waals surface area contributed by atoms with Crippen molar-refractivity contribution in [2.24, 2.45) is 0 Å². The molecule has 0 radical (unpaired) electrons. The molecule has 0 unspecified atom stereocenters. The summed E-state index contributed by atoms with van der Waals surface area (Å²) in [6.07, 6.45) is 5.30. The molecule has 0 saturated carbocycles. The summed E-state index contributed by atoms with van der Waals surface area (Å²) in [4.78, 5) is 2.36. The van der Waals surface area contributed by atoms with Crippen molar-refractivity contribution in [2.75, 3.05) is 4.90 Å². The van der Waals surface area contributed by atoms with Gasteiger partial charge in [0.2, 0.25) is 0 Å². The van der Waals surface area contributed by atoms with Gasteiger partial charge in [-0.25, -0.2) is 0 Å². The summed E-state index contributed by atoms with van der Waals surface area (Å²) in [6, 6.07) is 66.8. The average Bonchev–Trinajstić information content (AvgIpc) is 3.75. The Balaban J connectivity index is 1.09. The summed E-state index contributed by atoms with van der Waals surface area (Å²) in [6.45, 7) is 0. The lowest BCUT2D eigenvalue weighted by Gasteiger charge is -2.28. The lowest BCUT2D eigenvalue weighted by Crippen LogP contribution is -2.22. The lowest BCUT2D eigenvalue weighted by atomic mass is 9.95. The third-order valence-electron chi connectivity index (χ3n) is 11.1. The van der Waals surface area contributed by atoms with Gasteiger partial charge < -0.3 is 13.7 Å². The molecule has 56 heavy (non-hydrogen) atoms. The van der Waals surface area contributed by atoms with Crippen molar-refractivity contribution in [3.05, 3.63) is 210 Å². The second-order valence-electron chi connectivity index (χ2n) is 14.4. The van der Waals surface area contributed by atoms with E-state index < -0.39 is 0 Å². The number of furan rings is 2. The van der Waals surface area contributed by atoms with E-state index in [2.05, 4.69) is 193 Å². The van der Waals surface area contributed by atoms with Gasteiger partial charge in [0.25, 0.3) is 0 Å². The van der Waals surface area contributed by atoms with Gasteiger partial charge in [0.1, 0.15) is 22.5 Å². The lowest BCUT2D eigenvalue weighted by molar-refractivity contribution is 0.568. The number of rotatable bonds is 6. The Morgan fingerprint density at radius 1 is 0.411 bits per heavy atom. The highest BCUT2D eigenvalue weighted by atomic mass is 16.3. The van der Waals surface area contributed by atoms with Crippen LogP contribution in [-0.4, -0.2) is 0 Å². The van der Waals surface area contributed by atoms with Gasteiger partial charge in [0, 0.05) is 51.1 Å². The fraction of sp³-hybridized carbons (Fsp3) is 0.0189. The fourth-order valence-electron chi connectivity index (χ4n) is 8.43. The Labute approximate surface area is 324 Å². The highest BCUT2D eigenvalue weighted by Crippen LogP contribution is 2.46. The van der Waals surface area contributed by atoms with Gasteiger partial charge in [-0.05, 0) is 92.9 Å². The van der Waals surface area contributed by atoms with Crippen molar-refractivity contribution in [1.29, 1.82) is 0 Å². The van der Waals surface area contributed by atoms with Crippen LogP contribution >= 0.6 is 0 Å². The van der Waals surface area contributed by atoms with Crippen molar-refractivity contribution in [2.45, 2.75) is 6.42 Å². The van der Waals surface area contributed by atoms with Crippen LogP contribution in [-0.2, 0) is 6.42 Å². The van der Waals surface area contributed by atoms with Gasteiger partial charge in [-0.3, -0.25) is 0 Å². The standard InChI is InChI=1S/C53H35NO2/c1-2-12-35(13-3-1)38-16-10-17-39(32-38)37-24-27-41(28-25-37)54(42-29-30-45-44-19-7-9-22-49(44)56-52(45)34-42)48-21-8-6-18-43(48)46-20-11-23-51-53(46)47-33-40-15-5-4-14-36(40)26-31-50(47)55-51/h1-30,32-34H,31H2. The minimum atomic E-state index is 0.739. The van der Waals surface area contributed by atoms with Crippen molar-refractivity contribution < 1.29 is 8.83 Å². The number of para-hydroxylation sites is 2. The van der Waals surface area contributed by atoms with E-state index in [0.717, 1.165) is 84.4 Å². The van der Waals surface area contributed by atoms with Gasteiger partial charge >= 0.3 is 0 Å². The van der Waals surface area contributed by atoms with Crippen LogP contribution in [0.4, 0.5) is 17.1 Å². The van der Waals surface area contributed by atoms with Crippen LogP contribution in [0.1, 0.15) is 11.3 Å². The Morgan fingerprint density at radius 2 is 1.05 bits per heavy atom. The molecule has 2 heterocycles. The maximum atomic E-state index is 6.61. The quantitative estimate of drug-likeness (QED) is 0.171. The number of nitrogens with zero attached hydrogens (tertiary/aromatic N) is 1. The van der Waals surface area contributed by atoms with E-state index in [1.165, 1.54) is 27.1 Å². The summed E-state index contributed by atoms with van der Waals surface area (Å²) in [7, 11) is 0. The highest BCUT2D eigenvalue weighted by Gasteiger charge is 2.23. The molecule has 0 bridgehead atoms. The molecule has 10 aromatic rings. The van der Waals surface area contributed by atoms with Crippen LogP contribution in [0.15, 0.2) is 197 Å². The molecule has 1 aliphatic carbocycles. The van der Waals surface area contributed by atoms with Crippen LogP contribution in [0.3, 0.4) is 0 Å². The molecule has 0 N–H and O–H groups in total. The largest absolute Gasteiger partial charge is 0.460 e. The maximum absolute atomic E-state index is 6.61. The molecular formula is C53H35NO2. The first-order valence-electron chi connectivity index (χ1n) is 19.1. The molecule has 3 nitrogen and oxygen atoms in total. The molecular weight excluding hydrogens is 683 g/mol. The molecule has 2 aromatic heterocycles. The minimum Gasteiger partial charge on any atom is -0.460 e. The Hall–Kier alpha value is -7.36. The summed E-state index contributed by atoms with van der Waals surface area (Å²) in [5, 5.41) is 5.77. The van der Waals surface area contributed by atoms with Crippen LogP contribution in [0.25, 0.3) is 78.4 Å². The first-order valence-corrected chi connectivity index (χ1v) is 19.1. The molecule has 1 aliphatic rings. The molecule has 264 valence electrons. The zero-order chi connectivity index (χ0) is 37.0. The molecule has 8 aromatic carbocycles. The van der Waals surface area contributed by atoms with Gasteiger partial charge in [-0.15, -0.1) is 0 Å². The zero-order valence-electron chi connectivity index (χ0n) is 30.5. The Bertz CT molecular complexity index is 3220. The third kappa shape index (κ3) is 5.44. The number of hydrogen-bond donors (Lipinski definition) is 0. The Kier molecular flexibility index (Phi) is 7.56. The number of hydrogen-bond acceptors (Lipinski definition) is 3. The van der Waals surface area contributed by atoms with Gasteiger partial charge in [-0.1, -0.05) is 140 Å². The number of benzene rings is 8. The molecule has 11 rings (SSSR count). The van der Waals surface area contributed by atoms with Gasteiger partial charge in [0.05, 0.1) is 5.69 Å². The van der Waals surface area contributed by atoms with E-state index in [9.17, 15) is 0 Å². The van der Waals surface area contributed by atoms with E-state index in [-0.39, 0.29) is 0 Å².